The molecule has 0 saturated carbocycles. The van der Waals surface area contributed by atoms with Gasteiger partial charge in [0, 0.05) is 17.1 Å². The molecule has 3 rings (SSSR count). The number of carbonyl (C=O) groups is 1. The number of imidazole rings is 1. The Hall–Kier alpha value is -1.85. The Labute approximate surface area is 124 Å². The van der Waals surface area contributed by atoms with Crippen molar-refractivity contribution in [1.29, 1.82) is 0 Å². The predicted octanol–water partition coefficient (Wildman–Crippen LogP) is 3.93. The van der Waals surface area contributed by atoms with E-state index in [1.807, 2.05) is 30.6 Å². The van der Waals surface area contributed by atoms with Gasteiger partial charge in [0.15, 0.2) is 11.2 Å². The first-order chi connectivity index (χ1) is 9.74. The van der Waals surface area contributed by atoms with E-state index in [4.69, 9.17) is 16.3 Å². The second kappa shape index (κ2) is 5.26. The maximum absolute atomic E-state index is 11.3. The van der Waals surface area contributed by atoms with Crippen LogP contribution in [0, 0.1) is 0 Å². The van der Waals surface area contributed by atoms with Gasteiger partial charge in [-0.15, -0.1) is 11.3 Å². The van der Waals surface area contributed by atoms with Crippen LogP contribution in [-0.2, 0) is 0 Å². The van der Waals surface area contributed by atoms with Crippen LogP contribution in [0.3, 0.4) is 0 Å². The van der Waals surface area contributed by atoms with Crippen molar-refractivity contribution >= 4 is 34.2 Å². The van der Waals surface area contributed by atoms with Crippen LogP contribution in [0.15, 0.2) is 29.8 Å². The van der Waals surface area contributed by atoms with Crippen molar-refractivity contribution < 1.29 is 9.53 Å². The molecule has 1 aromatic carbocycles. The highest BCUT2D eigenvalue weighted by Gasteiger charge is 2.16. The zero-order chi connectivity index (χ0) is 14.1. The standard InChI is InChI=1S/C14H11ClN2O2S/c1-2-19-9-3-4-10(11(15)7-9)13-12(8-18)17-5-6-20-14(17)16-13/h3-8H,2H2,1H3. The van der Waals surface area contributed by atoms with Gasteiger partial charge in [0.1, 0.15) is 17.1 Å². The number of benzene rings is 1. The van der Waals surface area contributed by atoms with Gasteiger partial charge in [-0.2, -0.15) is 0 Å². The number of carbonyl (C=O) groups excluding carboxylic acids is 1. The van der Waals surface area contributed by atoms with E-state index in [1.165, 1.54) is 11.3 Å². The Balaban J connectivity index is 2.15. The number of fused-ring (bicyclic) bond motifs is 1. The molecule has 0 N–H and O–H groups in total. The fourth-order valence-corrected chi connectivity index (χ4v) is 3.04. The first kappa shape index (κ1) is 13.1. The highest BCUT2D eigenvalue weighted by molar-refractivity contribution is 7.15. The Morgan fingerprint density at radius 3 is 3.05 bits per heavy atom. The zero-order valence-electron chi connectivity index (χ0n) is 10.7. The van der Waals surface area contributed by atoms with Gasteiger partial charge >= 0.3 is 0 Å². The molecular formula is C14H11ClN2O2S. The number of aldehydes is 1. The van der Waals surface area contributed by atoms with Crippen molar-refractivity contribution in [3.8, 4) is 17.0 Å². The molecule has 0 spiro atoms. The molecular weight excluding hydrogens is 296 g/mol. The predicted molar refractivity (Wildman–Crippen MR) is 80.1 cm³/mol. The Morgan fingerprint density at radius 1 is 1.50 bits per heavy atom. The molecule has 2 heterocycles. The van der Waals surface area contributed by atoms with Crippen molar-refractivity contribution in [2.75, 3.05) is 6.61 Å². The summed E-state index contributed by atoms with van der Waals surface area (Å²) in [5.74, 6) is 0.704. The zero-order valence-corrected chi connectivity index (χ0v) is 12.2. The molecule has 3 aromatic rings. The van der Waals surface area contributed by atoms with E-state index in [1.54, 1.807) is 10.5 Å². The van der Waals surface area contributed by atoms with E-state index >= 15 is 0 Å². The van der Waals surface area contributed by atoms with Gasteiger partial charge in [0.05, 0.1) is 11.6 Å². The lowest BCUT2D eigenvalue weighted by Gasteiger charge is -2.06. The fraction of sp³-hybridized carbons (Fsp3) is 0.143. The SMILES string of the molecule is CCOc1ccc(-c2nc3sccn3c2C=O)c(Cl)c1. The highest BCUT2D eigenvalue weighted by Crippen LogP contribution is 2.33. The number of ether oxygens (including phenoxy) is 1. The molecule has 0 aliphatic rings. The summed E-state index contributed by atoms with van der Waals surface area (Å²) in [5.41, 5.74) is 1.83. The molecule has 0 amide bonds. The minimum Gasteiger partial charge on any atom is -0.494 e. The molecule has 0 atom stereocenters. The maximum Gasteiger partial charge on any atom is 0.194 e. The monoisotopic (exact) mass is 306 g/mol. The van der Waals surface area contributed by atoms with Gasteiger partial charge in [0.25, 0.3) is 0 Å². The highest BCUT2D eigenvalue weighted by atomic mass is 35.5. The fourth-order valence-electron chi connectivity index (χ4n) is 2.06. The minimum atomic E-state index is 0.507. The molecule has 0 aliphatic carbocycles. The van der Waals surface area contributed by atoms with E-state index in [0.717, 1.165) is 16.8 Å². The number of halogens is 1. The van der Waals surface area contributed by atoms with Crippen LogP contribution in [0.5, 0.6) is 5.75 Å². The smallest absolute Gasteiger partial charge is 0.194 e. The van der Waals surface area contributed by atoms with Crippen LogP contribution in [0.4, 0.5) is 0 Å². The number of rotatable bonds is 4. The number of hydrogen-bond acceptors (Lipinski definition) is 4. The third kappa shape index (κ3) is 2.09. The number of aromatic nitrogens is 2. The van der Waals surface area contributed by atoms with Crippen molar-refractivity contribution in [2.24, 2.45) is 0 Å². The van der Waals surface area contributed by atoms with Crippen molar-refractivity contribution in [3.63, 3.8) is 0 Å². The van der Waals surface area contributed by atoms with E-state index < -0.39 is 0 Å². The minimum absolute atomic E-state index is 0.507. The van der Waals surface area contributed by atoms with Crippen LogP contribution in [0.1, 0.15) is 17.4 Å². The van der Waals surface area contributed by atoms with Gasteiger partial charge in [-0.25, -0.2) is 4.98 Å². The molecule has 4 nitrogen and oxygen atoms in total. The van der Waals surface area contributed by atoms with Gasteiger partial charge in [-0.05, 0) is 25.1 Å². The van der Waals surface area contributed by atoms with E-state index in [9.17, 15) is 4.79 Å². The van der Waals surface area contributed by atoms with Crippen LogP contribution in [-0.4, -0.2) is 22.3 Å². The Morgan fingerprint density at radius 2 is 2.35 bits per heavy atom. The van der Waals surface area contributed by atoms with Crippen molar-refractivity contribution in [3.05, 3.63) is 40.5 Å². The second-order valence-electron chi connectivity index (χ2n) is 4.09. The summed E-state index contributed by atoms with van der Waals surface area (Å²) in [7, 11) is 0. The van der Waals surface area contributed by atoms with Crippen molar-refractivity contribution in [2.45, 2.75) is 6.92 Å². The van der Waals surface area contributed by atoms with Crippen molar-refractivity contribution in [1.82, 2.24) is 9.38 Å². The average Bonchev–Trinajstić information content (AvgIpc) is 2.99. The Bertz CT molecular complexity index is 779. The lowest BCUT2D eigenvalue weighted by molar-refractivity contribution is 0.111. The Kier molecular flexibility index (Phi) is 3.46. The number of thiazole rings is 1. The molecule has 20 heavy (non-hydrogen) atoms. The average molecular weight is 307 g/mol. The summed E-state index contributed by atoms with van der Waals surface area (Å²) in [6.07, 6.45) is 2.62. The lowest BCUT2D eigenvalue weighted by atomic mass is 10.1. The summed E-state index contributed by atoms with van der Waals surface area (Å²) < 4.78 is 7.16. The summed E-state index contributed by atoms with van der Waals surface area (Å²) in [6.45, 7) is 2.49. The van der Waals surface area contributed by atoms with E-state index in [-0.39, 0.29) is 0 Å². The number of nitrogens with zero attached hydrogens (tertiary/aromatic N) is 2. The molecule has 0 radical (unpaired) electrons. The quantitative estimate of drug-likeness (QED) is 0.686. The van der Waals surface area contributed by atoms with Crippen LogP contribution in [0.25, 0.3) is 16.2 Å². The topological polar surface area (TPSA) is 43.6 Å². The first-order valence-electron chi connectivity index (χ1n) is 6.08. The van der Waals surface area contributed by atoms with E-state index in [2.05, 4.69) is 4.98 Å². The second-order valence-corrected chi connectivity index (χ2v) is 5.37. The van der Waals surface area contributed by atoms with Crippen LogP contribution in [0.2, 0.25) is 5.02 Å². The van der Waals surface area contributed by atoms with Gasteiger partial charge in [-0.3, -0.25) is 9.20 Å². The van der Waals surface area contributed by atoms with Crippen LogP contribution < -0.4 is 4.74 Å². The largest absolute Gasteiger partial charge is 0.494 e. The normalized spacial score (nSPS) is 10.9. The molecule has 6 heteroatoms. The summed E-state index contributed by atoms with van der Waals surface area (Å²) in [6, 6.07) is 5.39. The lowest BCUT2D eigenvalue weighted by Crippen LogP contribution is -1.93. The first-order valence-corrected chi connectivity index (χ1v) is 7.33. The molecule has 0 fully saturated rings. The molecule has 0 aliphatic heterocycles. The maximum atomic E-state index is 11.3. The summed E-state index contributed by atoms with van der Waals surface area (Å²) in [4.78, 5) is 16.6. The third-order valence-electron chi connectivity index (χ3n) is 2.92. The molecule has 2 aromatic heterocycles. The van der Waals surface area contributed by atoms with E-state index in [0.29, 0.717) is 28.8 Å². The van der Waals surface area contributed by atoms with Gasteiger partial charge in [0.2, 0.25) is 0 Å². The summed E-state index contributed by atoms with van der Waals surface area (Å²) >= 11 is 7.76. The van der Waals surface area contributed by atoms with Gasteiger partial charge in [-0.1, -0.05) is 11.6 Å². The van der Waals surface area contributed by atoms with Crippen LogP contribution >= 0.6 is 22.9 Å². The summed E-state index contributed by atoms with van der Waals surface area (Å²) in [5, 5.41) is 2.41. The third-order valence-corrected chi connectivity index (χ3v) is 3.99. The number of hydrogen-bond donors (Lipinski definition) is 0. The molecule has 0 bridgehead atoms. The molecule has 102 valence electrons. The molecule has 0 unspecified atom stereocenters. The van der Waals surface area contributed by atoms with Gasteiger partial charge < -0.3 is 4.74 Å². The molecule has 0 saturated heterocycles.